The van der Waals surface area contributed by atoms with Crippen LogP contribution in [0.3, 0.4) is 0 Å². The van der Waals surface area contributed by atoms with Gasteiger partial charge in [-0.05, 0) is 99.9 Å². The van der Waals surface area contributed by atoms with Crippen LogP contribution in [0.4, 0.5) is 0 Å². The van der Waals surface area contributed by atoms with E-state index in [0.717, 1.165) is 31.7 Å². The number of rotatable bonds is 15. The molecule has 0 fully saturated rings. The highest BCUT2D eigenvalue weighted by atomic mass is 35.5. The topological polar surface area (TPSA) is 58.6 Å². The quantitative estimate of drug-likeness (QED) is 0.242. The van der Waals surface area contributed by atoms with Crippen molar-refractivity contribution in [1.82, 2.24) is 10.2 Å². The van der Waals surface area contributed by atoms with Gasteiger partial charge in [-0.2, -0.15) is 0 Å². The molecule has 1 aliphatic carbocycles. The van der Waals surface area contributed by atoms with E-state index in [-0.39, 0.29) is 24.8 Å². The summed E-state index contributed by atoms with van der Waals surface area (Å²) in [7, 11) is -1.33. The van der Waals surface area contributed by atoms with Crippen LogP contribution < -0.4 is 10.1 Å². The van der Waals surface area contributed by atoms with Gasteiger partial charge in [0, 0.05) is 17.9 Å². The Balaban J connectivity index is 0.00000361. The van der Waals surface area contributed by atoms with Gasteiger partial charge in [0.2, 0.25) is 0 Å². The monoisotopic (exact) mass is 586 g/mol. The molecular formula is C30H48Cl2N2O3S. The molecule has 0 saturated heterocycles. The molecule has 2 aromatic rings. The van der Waals surface area contributed by atoms with Gasteiger partial charge in [-0.25, -0.2) is 8.42 Å². The van der Waals surface area contributed by atoms with E-state index < -0.39 is 9.84 Å². The molecule has 3 rings (SSSR count). The first kappa shape index (κ1) is 34.7. The van der Waals surface area contributed by atoms with Crippen molar-refractivity contribution in [2.24, 2.45) is 0 Å². The second-order valence-electron chi connectivity index (χ2n) is 10.4. The van der Waals surface area contributed by atoms with Crippen LogP contribution in [0.5, 0.6) is 5.75 Å². The van der Waals surface area contributed by atoms with Crippen LogP contribution in [-0.4, -0.2) is 58.9 Å². The highest BCUT2D eigenvalue weighted by Crippen LogP contribution is 2.39. The molecule has 2 atom stereocenters. The largest absolute Gasteiger partial charge is 0.496 e. The number of methoxy groups -OCH3 is 1. The summed E-state index contributed by atoms with van der Waals surface area (Å²) in [6.07, 6.45) is 10.7. The van der Waals surface area contributed by atoms with Gasteiger partial charge < -0.3 is 15.0 Å². The Morgan fingerprint density at radius 3 is 2.34 bits per heavy atom. The van der Waals surface area contributed by atoms with E-state index in [0.29, 0.717) is 16.9 Å². The summed E-state index contributed by atoms with van der Waals surface area (Å²) < 4.78 is 28.8. The number of benzene rings is 2. The lowest BCUT2D eigenvalue weighted by Gasteiger charge is -2.38. The molecule has 2 unspecified atom stereocenters. The molecule has 1 aliphatic rings. The molecular weight excluding hydrogens is 539 g/mol. The third-order valence-corrected chi connectivity index (χ3v) is 8.60. The number of fused-ring (bicyclic) bond motifs is 1. The molecule has 5 nitrogen and oxygen atoms in total. The summed E-state index contributed by atoms with van der Waals surface area (Å²) in [6.45, 7) is 9.00. The zero-order valence-electron chi connectivity index (χ0n) is 23.6. The van der Waals surface area contributed by atoms with Gasteiger partial charge in [-0.1, -0.05) is 51.0 Å². The molecule has 0 bridgehead atoms. The normalized spacial score (nSPS) is 16.9. The Morgan fingerprint density at radius 2 is 1.68 bits per heavy atom. The molecule has 0 aliphatic heterocycles. The Hall–Kier alpha value is -1.31. The Labute approximate surface area is 243 Å². The number of halogens is 2. The van der Waals surface area contributed by atoms with Crippen molar-refractivity contribution in [2.75, 3.05) is 39.5 Å². The summed E-state index contributed by atoms with van der Waals surface area (Å²) in [5, 5.41) is 3.54. The SMILES string of the molecule is CCCN(CCCCCCNCCc1ccc(S(C)(=O)=O)cc1)C1Cc2cccc(OC)c2C(C)C1.Cl.Cl. The van der Waals surface area contributed by atoms with Gasteiger partial charge in [0.05, 0.1) is 12.0 Å². The Morgan fingerprint density at radius 1 is 0.974 bits per heavy atom. The van der Waals surface area contributed by atoms with E-state index in [1.54, 1.807) is 19.2 Å². The molecule has 0 heterocycles. The third kappa shape index (κ3) is 10.3. The minimum Gasteiger partial charge on any atom is -0.496 e. The van der Waals surface area contributed by atoms with E-state index in [9.17, 15) is 8.42 Å². The zero-order chi connectivity index (χ0) is 26.0. The van der Waals surface area contributed by atoms with Crippen LogP contribution >= 0.6 is 24.8 Å². The number of ether oxygens (including phenoxy) is 1. The van der Waals surface area contributed by atoms with Crippen LogP contribution in [0, 0.1) is 0 Å². The molecule has 0 aromatic heterocycles. The number of nitrogens with zero attached hydrogens (tertiary/aromatic N) is 1. The van der Waals surface area contributed by atoms with Gasteiger partial charge in [-0.15, -0.1) is 24.8 Å². The summed E-state index contributed by atoms with van der Waals surface area (Å²) in [4.78, 5) is 3.13. The summed E-state index contributed by atoms with van der Waals surface area (Å²) >= 11 is 0. The molecule has 216 valence electrons. The first-order valence-corrected chi connectivity index (χ1v) is 15.6. The fourth-order valence-corrected chi connectivity index (χ4v) is 6.22. The molecule has 0 saturated carbocycles. The van der Waals surface area contributed by atoms with E-state index in [2.05, 4.69) is 42.3 Å². The predicted octanol–water partition coefficient (Wildman–Crippen LogP) is 6.47. The van der Waals surface area contributed by atoms with Crippen LogP contribution in [0.2, 0.25) is 0 Å². The van der Waals surface area contributed by atoms with Crippen LogP contribution in [-0.2, 0) is 22.7 Å². The van der Waals surface area contributed by atoms with Crippen molar-refractivity contribution in [1.29, 1.82) is 0 Å². The van der Waals surface area contributed by atoms with Crippen molar-refractivity contribution in [2.45, 2.75) is 82.1 Å². The zero-order valence-corrected chi connectivity index (χ0v) is 26.0. The third-order valence-electron chi connectivity index (χ3n) is 7.47. The number of nitrogens with one attached hydrogen (secondary N) is 1. The van der Waals surface area contributed by atoms with Crippen molar-refractivity contribution < 1.29 is 13.2 Å². The van der Waals surface area contributed by atoms with E-state index in [1.165, 1.54) is 74.6 Å². The average molecular weight is 588 g/mol. The highest BCUT2D eigenvalue weighted by molar-refractivity contribution is 7.90. The predicted molar refractivity (Wildman–Crippen MR) is 164 cm³/mol. The Kier molecular flexibility index (Phi) is 15.9. The van der Waals surface area contributed by atoms with Gasteiger partial charge in [-0.3, -0.25) is 0 Å². The lowest BCUT2D eigenvalue weighted by atomic mass is 9.80. The second-order valence-corrected chi connectivity index (χ2v) is 12.4. The molecule has 0 spiro atoms. The number of sulfone groups is 1. The van der Waals surface area contributed by atoms with E-state index in [1.807, 2.05) is 12.1 Å². The smallest absolute Gasteiger partial charge is 0.175 e. The molecule has 0 radical (unpaired) electrons. The number of hydrogen-bond donors (Lipinski definition) is 1. The summed E-state index contributed by atoms with van der Waals surface area (Å²) in [5.41, 5.74) is 4.06. The second kappa shape index (κ2) is 17.4. The lowest BCUT2D eigenvalue weighted by molar-refractivity contribution is 0.167. The summed E-state index contributed by atoms with van der Waals surface area (Å²) in [5.74, 6) is 1.59. The van der Waals surface area contributed by atoms with Crippen molar-refractivity contribution >= 4 is 34.7 Å². The maximum absolute atomic E-state index is 11.6. The maximum atomic E-state index is 11.6. The molecule has 38 heavy (non-hydrogen) atoms. The maximum Gasteiger partial charge on any atom is 0.175 e. The van der Waals surface area contributed by atoms with Crippen LogP contribution in [0.15, 0.2) is 47.4 Å². The first-order valence-electron chi connectivity index (χ1n) is 13.7. The number of unbranched alkanes of at least 4 members (excludes halogenated alkanes) is 3. The van der Waals surface area contributed by atoms with Crippen molar-refractivity contribution in [3.05, 3.63) is 59.2 Å². The standard InChI is InChI=1S/C30H46N2O3S.2ClH/c1-5-20-32(27-22-24(2)30-26(23-27)11-10-12-29(30)35-3)21-9-7-6-8-18-31-19-17-25-13-15-28(16-14-25)36(4,33)34;;/h10-16,24,27,31H,5-9,17-23H2,1-4H3;2*1H. The molecule has 2 aromatic carbocycles. The van der Waals surface area contributed by atoms with E-state index in [4.69, 9.17) is 4.74 Å². The lowest BCUT2D eigenvalue weighted by Crippen LogP contribution is -2.41. The minimum atomic E-state index is -3.12. The van der Waals surface area contributed by atoms with Gasteiger partial charge >= 0.3 is 0 Å². The van der Waals surface area contributed by atoms with Crippen LogP contribution in [0.25, 0.3) is 0 Å². The number of hydrogen-bond acceptors (Lipinski definition) is 5. The average Bonchev–Trinajstić information content (AvgIpc) is 2.86. The molecule has 8 heteroatoms. The molecule has 1 N–H and O–H groups in total. The first-order chi connectivity index (χ1) is 17.3. The van der Waals surface area contributed by atoms with Crippen molar-refractivity contribution in [3.63, 3.8) is 0 Å². The van der Waals surface area contributed by atoms with Crippen molar-refractivity contribution in [3.8, 4) is 5.75 Å². The van der Waals surface area contributed by atoms with E-state index >= 15 is 0 Å². The Bertz CT molecular complexity index is 1050. The fraction of sp³-hybridized carbons (Fsp3) is 0.600. The van der Waals surface area contributed by atoms with Crippen LogP contribution in [0.1, 0.15) is 75.0 Å². The minimum absolute atomic E-state index is 0. The van der Waals surface area contributed by atoms with Gasteiger partial charge in [0.15, 0.2) is 9.84 Å². The highest BCUT2D eigenvalue weighted by Gasteiger charge is 2.29. The summed E-state index contributed by atoms with van der Waals surface area (Å²) in [6, 6.07) is 14.4. The molecule has 0 amide bonds. The van der Waals surface area contributed by atoms with Gasteiger partial charge in [0.25, 0.3) is 0 Å². The fourth-order valence-electron chi connectivity index (χ4n) is 5.59. The van der Waals surface area contributed by atoms with Gasteiger partial charge in [0.1, 0.15) is 5.75 Å².